The second kappa shape index (κ2) is 8.17. The second-order valence-corrected chi connectivity index (χ2v) is 6.83. The summed E-state index contributed by atoms with van der Waals surface area (Å²) in [7, 11) is 0. The van der Waals surface area contributed by atoms with Gasteiger partial charge in [0.2, 0.25) is 5.95 Å². The van der Waals surface area contributed by atoms with Crippen LogP contribution in [-0.2, 0) is 6.30 Å². The van der Waals surface area contributed by atoms with Gasteiger partial charge in [-0.25, -0.2) is 23.9 Å². The van der Waals surface area contributed by atoms with Gasteiger partial charge in [0.15, 0.2) is 0 Å². The lowest BCUT2D eigenvalue weighted by Crippen LogP contribution is -2.17. The number of hydrogen-bond acceptors (Lipinski definition) is 4. The van der Waals surface area contributed by atoms with Gasteiger partial charge in [-0.2, -0.15) is 0 Å². The zero-order valence-electron chi connectivity index (χ0n) is 16.3. The van der Waals surface area contributed by atoms with Crippen LogP contribution in [0.1, 0.15) is 18.5 Å². The van der Waals surface area contributed by atoms with E-state index in [9.17, 15) is 17.6 Å². The van der Waals surface area contributed by atoms with Gasteiger partial charge in [-0.05, 0) is 42.8 Å². The molecule has 0 saturated carbocycles. The van der Waals surface area contributed by atoms with Gasteiger partial charge in [0.25, 0.3) is 0 Å². The number of anilines is 1. The highest BCUT2D eigenvalue weighted by molar-refractivity contribution is 5.77. The normalized spacial score (nSPS) is 12.5. The predicted molar refractivity (Wildman–Crippen MR) is 108 cm³/mol. The molecule has 31 heavy (non-hydrogen) atoms. The standard InChI is InChI=1S/C22H17F4N5/c1-14(15-5-3-2-4-6-15)29-21-27-12-11-18(30-21)20-19(16-7-9-17(23)10-8-16)28-13-31(20)22(24,25)26/h2-14H,1H3,(H,27,29,30)/t14-/m0/s1. The van der Waals surface area contributed by atoms with E-state index in [1.54, 1.807) is 0 Å². The predicted octanol–water partition coefficient (Wildman–Crippen LogP) is 5.80. The molecular weight excluding hydrogens is 410 g/mol. The smallest absolute Gasteiger partial charge is 0.348 e. The van der Waals surface area contributed by atoms with Gasteiger partial charge in [0, 0.05) is 11.8 Å². The Labute approximate surface area is 175 Å². The van der Waals surface area contributed by atoms with E-state index in [1.165, 1.54) is 36.5 Å². The van der Waals surface area contributed by atoms with E-state index in [0.717, 1.165) is 5.56 Å². The highest BCUT2D eigenvalue weighted by atomic mass is 19.4. The lowest BCUT2D eigenvalue weighted by molar-refractivity contribution is -0.202. The van der Waals surface area contributed by atoms with Gasteiger partial charge < -0.3 is 5.32 Å². The van der Waals surface area contributed by atoms with Crippen molar-refractivity contribution in [1.29, 1.82) is 0 Å². The molecule has 0 amide bonds. The Bertz CT molecular complexity index is 1170. The molecule has 1 atom stereocenters. The van der Waals surface area contributed by atoms with Crippen LogP contribution in [0.4, 0.5) is 23.5 Å². The van der Waals surface area contributed by atoms with Crippen LogP contribution in [0, 0.1) is 5.82 Å². The number of alkyl halides is 3. The summed E-state index contributed by atoms with van der Waals surface area (Å²) < 4.78 is 54.4. The number of aromatic nitrogens is 4. The lowest BCUT2D eigenvalue weighted by atomic mass is 10.1. The average Bonchev–Trinajstić information content (AvgIpc) is 3.21. The first-order valence-electron chi connectivity index (χ1n) is 9.38. The van der Waals surface area contributed by atoms with Crippen molar-refractivity contribution in [3.8, 4) is 22.6 Å². The molecule has 5 nitrogen and oxygen atoms in total. The fourth-order valence-electron chi connectivity index (χ4n) is 3.18. The van der Waals surface area contributed by atoms with Gasteiger partial charge in [0.05, 0.1) is 17.4 Å². The maximum Gasteiger partial charge on any atom is 0.490 e. The first-order valence-corrected chi connectivity index (χ1v) is 9.38. The summed E-state index contributed by atoms with van der Waals surface area (Å²) in [6, 6.07) is 15.8. The summed E-state index contributed by atoms with van der Waals surface area (Å²) >= 11 is 0. The van der Waals surface area contributed by atoms with E-state index in [4.69, 9.17) is 0 Å². The Hall–Kier alpha value is -3.75. The van der Waals surface area contributed by atoms with E-state index in [1.807, 2.05) is 37.3 Å². The number of benzene rings is 2. The van der Waals surface area contributed by atoms with E-state index < -0.39 is 12.1 Å². The van der Waals surface area contributed by atoms with Crippen LogP contribution in [-0.4, -0.2) is 19.5 Å². The molecule has 0 radical (unpaired) electrons. The average molecular weight is 427 g/mol. The summed E-state index contributed by atoms with van der Waals surface area (Å²) in [5.74, 6) is -0.321. The van der Waals surface area contributed by atoms with Gasteiger partial charge in [-0.3, -0.25) is 0 Å². The molecule has 0 fully saturated rings. The van der Waals surface area contributed by atoms with Crippen LogP contribution >= 0.6 is 0 Å². The van der Waals surface area contributed by atoms with Crippen molar-refractivity contribution < 1.29 is 17.6 Å². The summed E-state index contributed by atoms with van der Waals surface area (Å²) in [6.45, 7) is 1.90. The van der Waals surface area contributed by atoms with Gasteiger partial charge in [0.1, 0.15) is 17.8 Å². The lowest BCUT2D eigenvalue weighted by Gasteiger charge is -2.16. The minimum atomic E-state index is -4.71. The minimum absolute atomic E-state index is 0.0342. The van der Waals surface area contributed by atoms with Crippen LogP contribution in [0.15, 0.2) is 73.2 Å². The Morgan fingerprint density at radius 2 is 1.65 bits per heavy atom. The number of imidazole rings is 1. The van der Waals surface area contributed by atoms with E-state index in [0.29, 0.717) is 11.9 Å². The van der Waals surface area contributed by atoms with Crippen LogP contribution in [0.2, 0.25) is 0 Å². The molecular formula is C22H17F4N5. The third-order valence-electron chi connectivity index (χ3n) is 4.70. The summed E-state index contributed by atoms with van der Waals surface area (Å²) in [5, 5.41) is 3.10. The van der Waals surface area contributed by atoms with Gasteiger partial charge >= 0.3 is 6.30 Å². The first kappa shape index (κ1) is 20.5. The fraction of sp³-hybridized carbons (Fsp3) is 0.136. The molecule has 0 saturated heterocycles. The maximum atomic E-state index is 13.7. The summed E-state index contributed by atoms with van der Waals surface area (Å²) in [4.78, 5) is 12.4. The Balaban J connectivity index is 1.76. The number of halogens is 4. The minimum Gasteiger partial charge on any atom is -0.348 e. The number of rotatable bonds is 5. The molecule has 0 unspecified atom stereocenters. The molecule has 4 aromatic rings. The zero-order chi connectivity index (χ0) is 22.0. The molecule has 0 bridgehead atoms. The van der Waals surface area contributed by atoms with Crippen molar-refractivity contribution in [2.75, 3.05) is 5.32 Å². The SMILES string of the molecule is C[C@H](Nc1nccc(-c2c(-c3ccc(F)cc3)ncn2C(F)(F)F)n1)c1ccccc1. The number of hydrogen-bond donors (Lipinski definition) is 1. The maximum absolute atomic E-state index is 13.7. The Kier molecular flexibility index (Phi) is 5.41. The van der Waals surface area contributed by atoms with Crippen LogP contribution in [0.3, 0.4) is 0 Å². The van der Waals surface area contributed by atoms with Crippen molar-refractivity contribution in [3.05, 3.63) is 84.6 Å². The Morgan fingerprint density at radius 1 is 0.935 bits per heavy atom. The third kappa shape index (κ3) is 4.40. The molecule has 2 heterocycles. The van der Waals surface area contributed by atoms with Crippen LogP contribution in [0.5, 0.6) is 0 Å². The van der Waals surface area contributed by atoms with Crippen LogP contribution < -0.4 is 5.32 Å². The molecule has 9 heteroatoms. The molecule has 2 aromatic carbocycles. The van der Waals surface area contributed by atoms with Crippen molar-refractivity contribution in [2.45, 2.75) is 19.3 Å². The van der Waals surface area contributed by atoms with E-state index in [2.05, 4.69) is 20.3 Å². The molecule has 4 rings (SSSR count). The largest absolute Gasteiger partial charge is 0.490 e. The van der Waals surface area contributed by atoms with Gasteiger partial charge in [-0.15, -0.1) is 13.2 Å². The summed E-state index contributed by atoms with van der Waals surface area (Å²) in [6.07, 6.45) is -2.64. The van der Waals surface area contributed by atoms with Crippen molar-refractivity contribution in [2.24, 2.45) is 0 Å². The Morgan fingerprint density at radius 3 is 2.32 bits per heavy atom. The molecule has 1 N–H and O–H groups in total. The highest BCUT2D eigenvalue weighted by Gasteiger charge is 2.35. The van der Waals surface area contributed by atoms with Crippen LogP contribution in [0.25, 0.3) is 22.6 Å². The molecule has 2 aromatic heterocycles. The van der Waals surface area contributed by atoms with Crippen molar-refractivity contribution >= 4 is 5.95 Å². The van der Waals surface area contributed by atoms with Gasteiger partial charge in [-0.1, -0.05) is 30.3 Å². The molecule has 0 aliphatic heterocycles. The quantitative estimate of drug-likeness (QED) is 0.409. The highest BCUT2D eigenvalue weighted by Crippen LogP contribution is 2.36. The molecule has 0 spiro atoms. The van der Waals surface area contributed by atoms with E-state index >= 15 is 0 Å². The monoisotopic (exact) mass is 427 g/mol. The first-order chi connectivity index (χ1) is 14.8. The van der Waals surface area contributed by atoms with E-state index in [-0.39, 0.29) is 33.6 Å². The second-order valence-electron chi connectivity index (χ2n) is 6.83. The molecule has 158 valence electrons. The third-order valence-corrected chi connectivity index (χ3v) is 4.70. The van der Waals surface area contributed by atoms with Crippen molar-refractivity contribution in [3.63, 3.8) is 0 Å². The fourth-order valence-corrected chi connectivity index (χ4v) is 3.18. The van der Waals surface area contributed by atoms with Crippen molar-refractivity contribution in [1.82, 2.24) is 19.5 Å². The number of nitrogens with zero attached hydrogens (tertiary/aromatic N) is 4. The molecule has 0 aliphatic carbocycles. The summed E-state index contributed by atoms with van der Waals surface area (Å²) in [5.41, 5.74) is 1.14. The zero-order valence-corrected chi connectivity index (χ0v) is 16.3. The molecule has 0 aliphatic rings. The number of nitrogens with one attached hydrogen (secondary N) is 1. The topological polar surface area (TPSA) is 55.6 Å².